The lowest BCUT2D eigenvalue weighted by Crippen LogP contribution is -2.40. The van der Waals surface area contributed by atoms with E-state index in [0.717, 1.165) is 0 Å². The van der Waals surface area contributed by atoms with Gasteiger partial charge in [-0.3, -0.25) is 14.4 Å². The summed E-state index contributed by atoms with van der Waals surface area (Å²) >= 11 is 0. The number of aromatic nitrogens is 1. The molecule has 1 rings (SSSR count). The maximum Gasteiger partial charge on any atom is 0.323 e. The van der Waals surface area contributed by atoms with Crippen LogP contribution in [-0.4, -0.2) is 65.5 Å². The molecule has 1 amide bonds. The van der Waals surface area contributed by atoms with E-state index in [1.54, 1.807) is 0 Å². The predicted molar refractivity (Wildman–Crippen MR) is 69.2 cm³/mol. The molecule has 2 N–H and O–H groups in total. The molecular weight excluding hydrogens is 250 g/mol. The summed E-state index contributed by atoms with van der Waals surface area (Å²) in [6, 6.07) is 4.20. The number of amides is 1. The van der Waals surface area contributed by atoms with E-state index in [2.05, 4.69) is 4.98 Å². The van der Waals surface area contributed by atoms with Gasteiger partial charge in [-0.2, -0.15) is 0 Å². The Morgan fingerprint density at radius 1 is 1.26 bits per heavy atom. The zero-order valence-electron chi connectivity index (χ0n) is 10.9. The second-order valence-electron chi connectivity index (χ2n) is 4.35. The molecule has 1 aromatic heterocycles. The molecule has 19 heavy (non-hydrogen) atoms. The van der Waals surface area contributed by atoms with Gasteiger partial charge in [0.05, 0.1) is 0 Å². The highest BCUT2D eigenvalue weighted by molar-refractivity contribution is 5.94. The summed E-state index contributed by atoms with van der Waals surface area (Å²) in [6.07, 6.45) is 0. The van der Waals surface area contributed by atoms with Crippen molar-refractivity contribution in [2.24, 2.45) is 0 Å². The molecule has 7 nitrogen and oxygen atoms in total. The standard InChI is InChI=1S/C12H17N3O4/c1-14(2)6-7-15(8-11(17)18)12(19)9-4-3-5-10(16)13-9/h3-5H,6-8H2,1-2H3,(H,13,16)(H,17,18). The first-order valence-corrected chi connectivity index (χ1v) is 5.75. The molecule has 0 aromatic carbocycles. The first-order chi connectivity index (χ1) is 8.90. The maximum atomic E-state index is 12.1. The predicted octanol–water partition coefficient (Wildman–Crippen LogP) is -0.537. The minimum atomic E-state index is -1.09. The first kappa shape index (κ1) is 14.9. The highest BCUT2D eigenvalue weighted by atomic mass is 16.4. The summed E-state index contributed by atoms with van der Waals surface area (Å²) in [5.74, 6) is -1.59. The average Bonchev–Trinajstić information content (AvgIpc) is 2.33. The van der Waals surface area contributed by atoms with Gasteiger partial charge in [-0.15, -0.1) is 0 Å². The number of aliphatic carboxylic acids is 1. The molecule has 0 aliphatic carbocycles. The van der Waals surface area contributed by atoms with Crippen molar-refractivity contribution in [3.8, 4) is 0 Å². The number of carboxylic acid groups (broad SMARTS) is 1. The molecule has 1 aromatic rings. The minimum Gasteiger partial charge on any atom is -0.480 e. The fraction of sp³-hybridized carbons (Fsp3) is 0.417. The van der Waals surface area contributed by atoms with Gasteiger partial charge >= 0.3 is 5.97 Å². The number of rotatable bonds is 6. The van der Waals surface area contributed by atoms with Crippen LogP contribution in [0.4, 0.5) is 0 Å². The Hall–Kier alpha value is -2.15. The molecule has 104 valence electrons. The number of pyridine rings is 1. The van der Waals surface area contributed by atoms with Gasteiger partial charge in [0, 0.05) is 19.2 Å². The fourth-order valence-corrected chi connectivity index (χ4v) is 1.48. The van der Waals surface area contributed by atoms with Crippen molar-refractivity contribution >= 4 is 11.9 Å². The summed E-state index contributed by atoms with van der Waals surface area (Å²) in [6.45, 7) is 0.411. The van der Waals surface area contributed by atoms with Crippen LogP contribution >= 0.6 is 0 Å². The van der Waals surface area contributed by atoms with Gasteiger partial charge in [0.1, 0.15) is 12.2 Å². The van der Waals surface area contributed by atoms with Gasteiger partial charge < -0.3 is 19.9 Å². The van der Waals surface area contributed by atoms with E-state index in [1.807, 2.05) is 19.0 Å². The van der Waals surface area contributed by atoms with Crippen molar-refractivity contribution < 1.29 is 14.7 Å². The molecule has 0 saturated heterocycles. The van der Waals surface area contributed by atoms with Gasteiger partial charge in [0.2, 0.25) is 5.56 Å². The third-order valence-electron chi connectivity index (χ3n) is 2.43. The number of hydrogen-bond acceptors (Lipinski definition) is 4. The van der Waals surface area contributed by atoms with Crippen LogP contribution < -0.4 is 5.56 Å². The quantitative estimate of drug-likeness (QED) is 0.722. The Morgan fingerprint density at radius 2 is 1.95 bits per heavy atom. The summed E-state index contributed by atoms with van der Waals surface area (Å²) in [5.41, 5.74) is -0.304. The third kappa shape index (κ3) is 4.92. The molecule has 0 fully saturated rings. The molecule has 0 atom stereocenters. The van der Waals surface area contributed by atoms with Gasteiger partial charge in [-0.1, -0.05) is 6.07 Å². The van der Waals surface area contributed by atoms with Gasteiger partial charge in [-0.25, -0.2) is 0 Å². The zero-order valence-corrected chi connectivity index (χ0v) is 10.9. The average molecular weight is 267 g/mol. The second kappa shape index (κ2) is 6.69. The minimum absolute atomic E-state index is 0.0903. The molecule has 0 aliphatic heterocycles. The Kier molecular flexibility index (Phi) is 5.25. The lowest BCUT2D eigenvalue weighted by atomic mass is 10.3. The van der Waals surface area contributed by atoms with E-state index >= 15 is 0 Å². The van der Waals surface area contributed by atoms with Crippen LogP contribution in [0.3, 0.4) is 0 Å². The number of likely N-dealkylation sites (N-methyl/N-ethyl adjacent to an activating group) is 1. The summed E-state index contributed by atoms with van der Waals surface area (Å²) in [7, 11) is 3.65. The molecule has 0 radical (unpaired) electrons. The van der Waals surface area contributed by atoms with Gasteiger partial charge in [-0.05, 0) is 20.2 Å². The van der Waals surface area contributed by atoms with E-state index < -0.39 is 24.0 Å². The number of hydrogen-bond donors (Lipinski definition) is 2. The highest BCUT2D eigenvalue weighted by Gasteiger charge is 2.19. The SMILES string of the molecule is CN(C)CCN(CC(=O)O)C(=O)c1cccc(=O)[nH]1. The van der Waals surface area contributed by atoms with E-state index in [9.17, 15) is 14.4 Å². The molecule has 0 spiro atoms. The number of carbonyl (C=O) groups excluding carboxylic acids is 1. The topological polar surface area (TPSA) is 93.7 Å². The smallest absolute Gasteiger partial charge is 0.323 e. The van der Waals surface area contributed by atoms with Gasteiger partial charge in [0.25, 0.3) is 5.91 Å². The Bertz CT molecular complexity index is 510. The van der Waals surface area contributed by atoms with Crippen molar-refractivity contribution in [2.45, 2.75) is 0 Å². The monoisotopic (exact) mass is 267 g/mol. The Labute approximate surface area is 110 Å². The third-order valence-corrected chi connectivity index (χ3v) is 2.43. The van der Waals surface area contributed by atoms with Crippen LogP contribution in [0.15, 0.2) is 23.0 Å². The number of nitrogens with one attached hydrogen (secondary N) is 1. The lowest BCUT2D eigenvalue weighted by Gasteiger charge is -2.22. The number of nitrogens with zero attached hydrogens (tertiary/aromatic N) is 2. The van der Waals surface area contributed by atoms with Crippen LogP contribution in [0, 0.1) is 0 Å². The number of H-pyrrole nitrogens is 1. The van der Waals surface area contributed by atoms with Crippen LogP contribution in [0.1, 0.15) is 10.5 Å². The van der Waals surface area contributed by atoms with Gasteiger partial charge in [0.15, 0.2) is 0 Å². The molecule has 0 bridgehead atoms. The summed E-state index contributed by atoms with van der Waals surface area (Å²) in [5, 5.41) is 8.82. The summed E-state index contributed by atoms with van der Waals surface area (Å²) in [4.78, 5) is 39.5. The summed E-state index contributed by atoms with van der Waals surface area (Å²) < 4.78 is 0. The Morgan fingerprint density at radius 3 is 2.47 bits per heavy atom. The molecule has 7 heteroatoms. The Balaban J connectivity index is 2.86. The molecule has 0 aliphatic rings. The fourth-order valence-electron chi connectivity index (χ4n) is 1.48. The van der Waals surface area contributed by atoms with Crippen LogP contribution in [0.25, 0.3) is 0 Å². The molecule has 0 saturated carbocycles. The van der Waals surface area contributed by atoms with Crippen LogP contribution in [0.5, 0.6) is 0 Å². The number of carboxylic acids is 1. The van der Waals surface area contributed by atoms with Crippen molar-refractivity contribution in [3.63, 3.8) is 0 Å². The number of aromatic amines is 1. The number of carbonyl (C=O) groups is 2. The van der Waals surface area contributed by atoms with Crippen molar-refractivity contribution in [1.29, 1.82) is 0 Å². The zero-order chi connectivity index (χ0) is 14.4. The van der Waals surface area contributed by atoms with E-state index in [1.165, 1.54) is 23.1 Å². The lowest BCUT2D eigenvalue weighted by molar-refractivity contribution is -0.137. The van der Waals surface area contributed by atoms with Crippen LogP contribution in [0.2, 0.25) is 0 Å². The maximum absolute atomic E-state index is 12.1. The molecular formula is C12H17N3O4. The molecule has 0 unspecified atom stereocenters. The van der Waals surface area contributed by atoms with Crippen molar-refractivity contribution in [2.75, 3.05) is 33.7 Å². The van der Waals surface area contributed by atoms with Crippen molar-refractivity contribution in [3.05, 3.63) is 34.2 Å². The largest absolute Gasteiger partial charge is 0.480 e. The van der Waals surface area contributed by atoms with E-state index in [4.69, 9.17) is 5.11 Å². The first-order valence-electron chi connectivity index (χ1n) is 5.75. The highest BCUT2D eigenvalue weighted by Crippen LogP contribution is 2.00. The van der Waals surface area contributed by atoms with E-state index in [0.29, 0.717) is 6.54 Å². The second-order valence-corrected chi connectivity index (χ2v) is 4.35. The van der Waals surface area contributed by atoms with Crippen molar-refractivity contribution in [1.82, 2.24) is 14.8 Å². The molecule has 1 heterocycles. The van der Waals surface area contributed by atoms with E-state index in [-0.39, 0.29) is 12.2 Å². The van der Waals surface area contributed by atoms with Crippen LogP contribution in [-0.2, 0) is 4.79 Å². The normalized spacial score (nSPS) is 10.5.